The van der Waals surface area contributed by atoms with Gasteiger partial charge in [-0.2, -0.15) is 6.07 Å². The van der Waals surface area contributed by atoms with Crippen molar-refractivity contribution in [3.63, 3.8) is 0 Å². The summed E-state index contributed by atoms with van der Waals surface area (Å²) < 4.78 is 9.27. The third-order valence-corrected chi connectivity index (χ3v) is 15.3. The molecule has 1 aliphatic heterocycles. The van der Waals surface area contributed by atoms with Gasteiger partial charge in [0.05, 0.1) is 0 Å². The van der Waals surface area contributed by atoms with E-state index >= 15 is 0 Å². The van der Waals surface area contributed by atoms with Crippen LogP contribution in [-0.2, 0) is 42.7 Å². The van der Waals surface area contributed by atoms with Crippen molar-refractivity contribution in [1.29, 1.82) is 0 Å². The minimum Gasteiger partial charge on any atom is -0.509 e. The molecule has 10 aromatic rings. The number of nitrogens with zero attached hydrogens (tertiary/aromatic N) is 4. The molecule has 11 rings (SSSR count). The molecule has 0 spiro atoms. The van der Waals surface area contributed by atoms with E-state index in [2.05, 4.69) is 297 Å². The normalized spacial score (nSPS) is 13.3. The molecule has 6 heteroatoms. The second kappa shape index (κ2) is 20.2. The van der Waals surface area contributed by atoms with E-state index in [-0.39, 0.29) is 42.7 Å². The predicted molar refractivity (Wildman–Crippen MR) is 313 cm³/mol. The fraction of sp³-hybridized carbons (Fsp3) is 0.200. The van der Waals surface area contributed by atoms with E-state index < -0.39 is 0 Å². The van der Waals surface area contributed by atoms with Crippen molar-refractivity contribution in [2.24, 2.45) is 0 Å². The van der Waals surface area contributed by atoms with Crippen LogP contribution in [-0.4, -0.2) is 9.55 Å². The van der Waals surface area contributed by atoms with Crippen LogP contribution < -0.4 is 14.5 Å². The van der Waals surface area contributed by atoms with Gasteiger partial charge < -0.3 is 19.1 Å². The number of fused-ring (bicyclic) bond motifs is 3. The fourth-order valence-corrected chi connectivity index (χ4v) is 10.4. The second-order valence-electron chi connectivity index (χ2n) is 23.2. The summed E-state index contributed by atoms with van der Waals surface area (Å²) >= 11 is 0. The maximum absolute atomic E-state index is 7.02. The maximum Gasteiger partial charge on any atom is 0.135 e. The number of aromatic nitrogens is 2. The Kier molecular flexibility index (Phi) is 13.9. The number of rotatable bonds is 11. The van der Waals surface area contributed by atoms with Crippen LogP contribution in [0.15, 0.2) is 207 Å². The molecule has 384 valence electrons. The number of ether oxygens (including phenoxy) is 1. The van der Waals surface area contributed by atoms with E-state index in [1.165, 1.54) is 33.4 Å². The first kappa shape index (κ1) is 52.0. The summed E-state index contributed by atoms with van der Waals surface area (Å²) in [5, 5.41) is 2.19. The van der Waals surface area contributed by atoms with Crippen molar-refractivity contribution in [2.45, 2.75) is 90.9 Å². The Labute approximate surface area is 464 Å². The summed E-state index contributed by atoms with van der Waals surface area (Å²) in [6.45, 7) is 25.1. The van der Waals surface area contributed by atoms with Crippen molar-refractivity contribution in [3.05, 3.63) is 264 Å². The molecule has 0 atom stereocenters. The molecule has 1 aliphatic rings. The fourth-order valence-electron chi connectivity index (χ4n) is 10.4. The number of benzene rings is 8. The summed E-state index contributed by atoms with van der Waals surface area (Å²) in [5.74, 6) is 1.97. The van der Waals surface area contributed by atoms with Gasteiger partial charge in [0.15, 0.2) is 0 Å². The Bertz CT molecular complexity index is 3700. The zero-order chi connectivity index (χ0) is 52.3. The largest absolute Gasteiger partial charge is 0.509 e. The molecule has 0 saturated carbocycles. The molecule has 3 heterocycles. The third kappa shape index (κ3) is 10.1. The molecule has 0 N–H and O–H groups in total. The smallest absolute Gasteiger partial charge is 0.135 e. The topological polar surface area (TPSA) is 33.5 Å². The van der Waals surface area contributed by atoms with Gasteiger partial charge in [-0.25, -0.2) is 4.98 Å². The Morgan fingerprint density at radius 1 is 0.461 bits per heavy atom. The molecule has 0 bridgehead atoms. The van der Waals surface area contributed by atoms with Crippen LogP contribution in [0.2, 0.25) is 0 Å². The Morgan fingerprint density at radius 2 is 1.03 bits per heavy atom. The van der Waals surface area contributed by atoms with E-state index in [1.54, 1.807) is 0 Å². The number of hydrogen-bond acceptors (Lipinski definition) is 4. The minimum atomic E-state index is -0.271. The molecule has 0 saturated heterocycles. The van der Waals surface area contributed by atoms with Gasteiger partial charge in [-0.15, -0.1) is 53.6 Å². The van der Waals surface area contributed by atoms with Crippen LogP contribution in [0, 0.1) is 18.8 Å². The molecule has 2 aromatic heterocycles. The van der Waals surface area contributed by atoms with Crippen molar-refractivity contribution >= 4 is 38.9 Å². The summed E-state index contributed by atoms with van der Waals surface area (Å²) in [5.41, 5.74) is 15.0. The molecule has 0 radical (unpaired) electrons. The van der Waals surface area contributed by atoms with E-state index in [9.17, 15) is 0 Å². The maximum atomic E-state index is 7.02. The first-order valence-corrected chi connectivity index (χ1v) is 26.2. The van der Waals surface area contributed by atoms with Crippen LogP contribution in [0.25, 0.3) is 44.4 Å². The standard InChI is InChI=1S/C70H65N4O.Pt/c1-67(2,3)55-39-56(68(4,5)6)41-58(40-55)73-47-72(46-65(73)49-25-17-12-18-26-49)57-37-50(48-23-15-11-16-24-48)38-60(44-57)75-59-32-33-61-62-42-53(69(7,8)51-27-19-13-20-28-51)31-34-63(62)74(64(61)45-59)66-43-54(35-36-71-66)70(9,10)52-29-21-14-22-30-52;/h11-43,46-47H,1-10H3;/q-3;. The van der Waals surface area contributed by atoms with E-state index in [0.717, 1.165) is 61.4 Å². The molecule has 8 aromatic carbocycles. The number of pyridine rings is 1. The average Bonchev–Trinajstić information content (AvgIpc) is 4.01. The van der Waals surface area contributed by atoms with Gasteiger partial charge in [0.25, 0.3) is 0 Å². The SMILES string of the molecule is CC(C)(C)c1cc(N2[CH-]N(c3[c-]c(Oc4[c-]c5c(cc4)c4cc(C(C)(C)c6ccccc6)ccc4n5-c4cc(C(C)(C)c5ccccc5)ccn4)cc(-c4ccccc4)c3)C=C2c2ccccc2)cc(C(C)(C)C)c1.[Pt]. The van der Waals surface area contributed by atoms with Crippen LogP contribution in [0.4, 0.5) is 11.4 Å². The molecule has 76 heavy (non-hydrogen) atoms. The molecule has 0 amide bonds. The quantitative estimate of drug-likeness (QED) is 0.121. The molecule has 0 aliphatic carbocycles. The second-order valence-corrected chi connectivity index (χ2v) is 23.2. The Balaban J connectivity index is 0.00000657. The molecular weight excluding hydrogens is 1110 g/mol. The number of hydrogen-bond donors (Lipinski definition) is 0. The summed E-state index contributed by atoms with van der Waals surface area (Å²) in [6, 6.07) is 76.9. The third-order valence-electron chi connectivity index (χ3n) is 15.3. The van der Waals surface area contributed by atoms with Crippen molar-refractivity contribution < 1.29 is 25.8 Å². The molecular formula is C70H65N4OPt-3. The van der Waals surface area contributed by atoms with Gasteiger partial charge in [0, 0.05) is 66.5 Å². The van der Waals surface area contributed by atoms with Crippen molar-refractivity contribution in [2.75, 3.05) is 9.80 Å². The van der Waals surface area contributed by atoms with E-state index in [4.69, 9.17) is 9.72 Å². The van der Waals surface area contributed by atoms with Gasteiger partial charge in [-0.1, -0.05) is 214 Å². The van der Waals surface area contributed by atoms with E-state index in [1.807, 2.05) is 12.3 Å². The predicted octanol–water partition coefficient (Wildman–Crippen LogP) is 17.9. The summed E-state index contributed by atoms with van der Waals surface area (Å²) in [4.78, 5) is 9.59. The molecule has 0 fully saturated rings. The van der Waals surface area contributed by atoms with Crippen LogP contribution in [0.5, 0.6) is 11.5 Å². The first-order valence-electron chi connectivity index (χ1n) is 26.2. The summed E-state index contributed by atoms with van der Waals surface area (Å²) in [6.07, 6.45) is 4.15. The van der Waals surface area contributed by atoms with Gasteiger partial charge in [-0.3, -0.25) is 0 Å². The Morgan fingerprint density at radius 3 is 1.62 bits per heavy atom. The average molecular weight is 1170 g/mol. The van der Waals surface area contributed by atoms with Gasteiger partial charge in [-0.05, 0) is 97.3 Å². The van der Waals surface area contributed by atoms with Crippen LogP contribution in [0.1, 0.15) is 108 Å². The minimum absolute atomic E-state index is 0. The summed E-state index contributed by atoms with van der Waals surface area (Å²) in [7, 11) is 0. The van der Waals surface area contributed by atoms with Crippen molar-refractivity contribution in [1.82, 2.24) is 9.55 Å². The molecule has 5 nitrogen and oxygen atoms in total. The monoisotopic (exact) mass is 1170 g/mol. The number of anilines is 2. The zero-order valence-electron chi connectivity index (χ0n) is 45.2. The van der Waals surface area contributed by atoms with Gasteiger partial charge in [0.2, 0.25) is 0 Å². The van der Waals surface area contributed by atoms with Gasteiger partial charge >= 0.3 is 0 Å². The first-order chi connectivity index (χ1) is 35.9. The molecule has 0 unspecified atom stereocenters. The van der Waals surface area contributed by atoms with E-state index in [0.29, 0.717) is 11.5 Å². The van der Waals surface area contributed by atoms with Gasteiger partial charge in [0.1, 0.15) is 5.82 Å². The van der Waals surface area contributed by atoms with Crippen molar-refractivity contribution in [3.8, 4) is 28.4 Å². The zero-order valence-corrected chi connectivity index (χ0v) is 47.5. The Hall–Kier alpha value is -7.46. The van der Waals surface area contributed by atoms with Crippen LogP contribution in [0.3, 0.4) is 0 Å². The van der Waals surface area contributed by atoms with Crippen LogP contribution >= 0.6 is 0 Å².